The van der Waals surface area contributed by atoms with Crippen LogP contribution in [0, 0.1) is 0 Å². The van der Waals surface area contributed by atoms with Gasteiger partial charge in [0.05, 0.1) is 0 Å². The minimum Gasteiger partial charge on any atom is -0.456 e. The van der Waals surface area contributed by atoms with Gasteiger partial charge >= 0.3 is 0 Å². The average molecular weight is 1280 g/mol. The van der Waals surface area contributed by atoms with E-state index in [1.54, 1.807) is 0 Å². The summed E-state index contributed by atoms with van der Waals surface area (Å²) >= 11 is 0. The molecule has 0 aliphatic rings. The van der Waals surface area contributed by atoms with Crippen molar-refractivity contribution in [2.75, 3.05) is 0 Å². The summed E-state index contributed by atoms with van der Waals surface area (Å²) in [6.45, 7) is 0. The number of para-hydroxylation sites is 2. The molecule has 16 aromatic carbocycles. The first-order valence-electron chi connectivity index (χ1n) is 33.6. The molecule has 0 unspecified atom stereocenters. The molecule has 20 rings (SSSR count). The molecule has 0 fully saturated rings. The van der Waals surface area contributed by atoms with Crippen LogP contribution in [0.15, 0.2) is 349 Å². The first-order chi connectivity index (χ1) is 49.5. The highest BCUT2D eigenvalue weighted by molar-refractivity contribution is 6.19. The predicted octanol–water partition coefficient (Wildman–Crippen LogP) is 24.3. The molecule has 0 saturated heterocycles. The van der Waals surface area contributed by atoms with Crippen LogP contribution >= 0.6 is 0 Å². The van der Waals surface area contributed by atoms with E-state index in [4.69, 9.17) is 38.7 Å². The Morgan fingerprint density at radius 1 is 0.160 bits per heavy atom. The third-order valence-corrected chi connectivity index (χ3v) is 19.3. The Morgan fingerprint density at radius 3 is 1.20 bits per heavy atom. The van der Waals surface area contributed by atoms with E-state index >= 15 is 0 Å². The minimum absolute atomic E-state index is 0.597. The lowest BCUT2D eigenvalue weighted by Gasteiger charge is -2.15. The van der Waals surface area contributed by atoms with Crippen LogP contribution in [-0.4, -0.2) is 29.9 Å². The molecular weight excluding hydrogens is 1220 g/mol. The summed E-state index contributed by atoms with van der Waals surface area (Å²) < 4.78 is 12.6. The zero-order valence-corrected chi connectivity index (χ0v) is 53.8. The molecule has 8 nitrogen and oxygen atoms in total. The standard InChI is InChI=1S/C47H29N3O.C45H27N3O/c1-3-12-30(13-4-1)31-22-24-34(25-23-31)45-48-46(39-19-11-21-42-44(39)38-18-9-10-20-41(38)51-42)50-47(49-45)40-29-28-35(32-14-5-2-6-15-32)37-27-26-33-16-7-8-17-36(33)43(37)40;1-2-11-28(12-3-1)31-23-24-35-38(26-31)34-16-7-6-15-32(34)27-39(35)45-47-43(33-22-21-29-13-4-5-14-30(29)25-33)46-44(48-45)37-18-10-20-41-42(37)36-17-8-9-19-40(36)49-41/h1-29H;1-27H. The van der Waals surface area contributed by atoms with Crippen LogP contribution in [0.5, 0.6) is 0 Å². The molecule has 0 aliphatic carbocycles. The maximum absolute atomic E-state index is 6.29. The SMILES string of the molecule is c1ccc(-c2ccc(-c3nc(-c4cccc5oc6ccccc6c45)nc(-c4ccc(-c5ccccc5)c5ccc6ccccc6c45)n3)cc2)cc1.c1ccc(-c2ccc3c(-c4nc(-c5ccc6ccccc6c5)nc(-c5cccc6oc7ccccc7c56)n4)cc4ccccc4c3c2)cc1. The molecule has 4 heterocycles. The molecule has 0 bridgehead atoms. The summed E-state index contributed by atoms with van der Waals surface area (Å²) in [5.41, 5.74) is 15.8. The summed E-state index contributed by atoms with van der Waals surface area (Å²) in [6.07, 6.45) is 0. The first-order valence-corrected chi connectivity index (χ1v) is 33.6. The summed E-state index contributed by atoms with van der Waals surface area (Å²) in [5.74, 6) is 3.68. The van der Waals surface area contributed by atoms with Crippen molar-refractivity contribution in [1.82, 2.24) is 29.9 Å². The molecule has 8 heteroatoms. The smallest absolute Gasteiger partial charge is 0.164 e. The van der Waals surface area contributed by atoms with E-state index in [1.807, 2.05) is 66.7 Å². The monoisotopic (exact) mass is 1280 g/mol. The zero-order chi connectivity index (χ0) is 66.0. The fourth-order valence-electron chi connectivity index (χ4n) is 14.5. The number of nitrogens with zero attached hydrogens (tertiary/aromatic N) is 6. The van der Waals surface area contributed by atoms with Gasteiger partial charge in [0.1, 0.15) is 22.3 Å². The maximum Gasteiger partial charge on any atom is 0.164 e. The van der Waals surface area contributed by atoms with E-state index in [-0.39, 0.29) is 0 Å². The largest absolute Gasteiger partial charge is 0.456 e. The van der Waals surface area contributed by atoms with Gasteiger partial charge in [-0.05, 0) is 130 Å². The van der Waals surface area contributed by atoms with Crippen molar-refractivity contribution in [3.05, 3.63) is 340 Å². The number of hydrogen-bond acceptors (Lipinski definition) is 8. The fraction of sp³-hybridized carbons (Fsp3) is 0. The Morgan fingerprint density at radius 2 is 0.570 bits per heavy atom. The second-order valence-electron chi connectivity index (χ2n) is 25.2. The highest BCUT2D eigenvalue weighted by atomic mass is 16.3. The third kappa shape index (κ3) is 10.3. The van der Waals surface area contributed by atoms with E-state index in [1.165, 1.54) is 33.0 Å². The van der Waals surface area contributed by atoms with Crippen LogP contribution in [-0.2, 0) is 0 Å². The molecule has 0 radical (unpaired) electrons. The van der Waals surface area contributed by atoms with Crippen LogP contribution in [0.1, 0.15) is 0 Å². The van der Waals surface area contributed by atoms with Crippen LogP contribution in [0.2, 0.25) is 0 Å². The highest BCUT2D eigenvalue weighted by Gasteiger charge is 2.23. The third-order valence-electron chi connectivity index (χ3n) is 19.3. The Kier molecular flexibility index (Phi) is 14.0. The van der Waals surface area contributed by atoms with Crippen molar-refractivity contribution < 1.29 is 8.83 Å². The van der Waals surface area contributed by atoms with Gasteiger partial charge in [0.25, 0.3) is 0 Å². The second kappa shape index (κ2) is 24.3. The maximum atomic E-state index is 6.29. The zero-order valence-electron chi connectivity index (χ0n) is 53.8. The Hall–Kier alpha value is -13.6. The number of aromatic nitrogens is 6. The van der Waals surface area contributed by atoms with Crippen molar-refractivity contribution in [3.8, 4) is 102 Å². The first kappa shape index (κ1) is 57.9. The molecule has 0 N–H and O–H groups in total. The molecule has 0 saturated carbocycles. The van der Waals surface area contributed by atoms with Crippen molar-refractivity contribution in [1.29, 1.82) is 0 Å². The number of fused-ring (bicyclic) bond motifs is 13. The number of furan rings is 2. The topological polar surface area (TPSA) is 104 Å². The van der Waals surface area contributed by atoms with E-state index in [2.05, 4.69) is 273 Å². The van der Waals surface area contributed by atoms with Gasteiger partial charge in [-0.2, -0.15) is 0 Å². The lowest BCUT2D eigenvalue weighted by molar-refractivity contribution is 0.668. The van der Waals surface area contributed by atoms with Crippen LogP contribution in [0.25, 0.3) is 199 Å². The van der Waals surface area contributed by atoms with Crippen molar-refractivity contribution in [2.45, 2.75) is 0 Å². The molecule has 4 aromatic heterocycles. The quantitative estimate of drug-likeness (QED) is 0.132. The Bertz CT molecular complexity index is 6590. The van der Waals surface area contributed by atoms with Crippen molar-refractivity contribution >= 4 is 97.7 Å². The van der Waals surface area contributed by atoms with Gasteiger partial charge in [0.2, 0.25) is 0 Å². The molecular formula is C92H56N6O2. The van der Waals surface area contributed by atoms with Gasteiger partial charge in [-0.15, -0.1) is 0 Å². The molecule has 0 amide bonds. The summed E-state index contributed by atoms with van der Waals surface area (Å²) in [5, 5.41) is 15.5. The molecule has 466 valence electrons. The van der Waals surface area contributed by atoms with E-state index < -0.39 is 0 Å². The van der Waals surface area contributed by atoms with Crippen LogP contribution in [0.4, 0.5) is 0 Å². The molecule has 20 aromatic rings. The Balaban J connectivity index is 0.000000139. The van der Waals surface area contributed by atoms with Crippen molar-refractivity contribution in [3.63, 3.8) is 0 Å². The van der Waals surface area contributed by atoms with Crippen LogP contribution in [0.3, 0.4) is 0 Å². The predicted molar refractivity (Wildman–Crippen MR) is 411 cm³/mol. The molecule has 0 atom stereocenters. The van der Waals surface area contributed by atoms with Gasteiger partial charge in [0.15, 0.2) is 34.9 Å². The highest BCUT2D eigenvalue weighted by Crippen LogP contribution is 2.44. The molecule has 100 heavy (non-hydrogen) atoms. The lowest BCUT2D eigenvalue weighted by atomic mass is 9.91. The number of benzene rings is 16. The number of hydrogen-bond donors (Lipinski definition) is 0. The lowest BCUT2D eigenvalue weighted by Crippen LogP contribution is -2.01. The van der Waals surface area contributed by atoms with E-state index in [9.17, 15) is 0 Å². The Labute approximate surface area is 574 Å². The van der Waals surface area contributed by atoms with E-state index in [0.717, 1.165) is 131 Å². The van der Waals surface area contributed by atoms with E-state index in [0.29, 0.717) is 34.9 Å². The normalized spacial score (nSPS) is 11.6. The molecule has 0 spiro atoms. The van der Waals surface area contributed by atoms with Gasteiger partial charge in [-0.3, -0.25) is 0 Å². The summed E-state index contributed by atoms with van der Waals surface area (Å²) in [7, 11) is 0. The van der Waals surface area contributed by atoms with Gasteiger partial charge in [0, 0.05) is 60.3 Å². The summed E-state index contributed by atoms with van der Waals surface area (Å²) in [6, 6.07) is 118. The van der Waals surface area contributed by atoms with Crippen molar-refractivity contribution in [2.24, 2.45) is 0 Å². The second-order valence-corrected chi connectivity index (χ2v) is 25.2. The van der Waals surface area contributed by atoms with Gasteiger partial charge in [-0.1, -0.05) is 291 Å². The number of rotatable bonds is 9. The van der Waals surface area contributed by atoms with Gasteiger partial charge in [-0.25, -0.2) is 29.9 Å². The molecule has 0 aliphatic heterocycles. The van der Waals surface area contributed by atoms with Crippen LogP contribution < -0.4 is 0 Å². The fourth-order valence-corrected chi connectivity index (χ4v) is 14.5. The summed E-state index contributed by atoms with van der Waals surface area (Å²) in [4.78, 5) is 31.4. The van der Waals surface area contributed by atoms with Gasteiger partial charge < -0.3 is 8.83 Å². The average Bonchev–Trinajstić information content (AvgIpc) is 1.02. The minimum atomic E-state index is 0.597.